The molecule has 19 heavy (non-hydrogen) atoms. The van der Waals surface area contributed by atoms with Gasteiger partial charge >= 0.3 is 0 Å². The Bertz CT molecular complexity index is 572. The Labute approximate surface area is 121 Å². The molecule has 1 aromatic heterocycles. The lowest BCUT2D eigenvalue weighted by Crippen LogP contribution is -2.02. The zero-order valence-electron chi connectivity index (χ0n) is 11.0. The standard InChI is InChI=1S/C13H15ClN2O2S/c1-8-4-10(17-2)11(18-3)5-9(8)15-7-13-16-6-12(14)19-13/h4-6,15H,7H2,1-3H3. The fraction of sp³-hybridized carbons (Fsp3) is 0.308. The van der Waals surface area contributed by atoms with Crippen LogP contribution in [0.4, 0.5) is 5.69 Å². The maximum Gasteiger partial charge on any atom is 0.162 e. The van der Waals surface area contributed by atoms with Crippen molar-refractivity contribution in [3.05, 3.63) is 33.2 Å². The van der Waals surface area contributed by atoms with Crippen molar-refractivity contribution in [1.82, 2.24) is 4.98 Å². The van der Waals surface area contributed by atoms with E-state index < -0.39 is 0 Å². The van der Waals surface area contributed by atoms with Crippen molar-refractivity contribution < 1.29 is 9.47 Å². The Kier molecular flexibility index (Phi) is 4.50. The van der Waals surface area contributed by atoms with Crippen LogP contribution >= 0.6 is 22.9 Å². The molecule has 0 aliphatic rings. The highest BCUT2D eigenvalue weighted by Gasteiger charge is 2.09. The molecule has 0 aliphatic heterocycles. The summed E-state index contributed by atoms with van der Waals surface area (Å²) in [6.45, 7) is 2.65. The van der Waals surface area contributed by atoms with Gasteiger partial charge in [0.25, 0.3) is 0 Å². The van der Waals surface area contributed by atoms with E-state index in [1.807, 2.05) is 19.1 Å². The van der Waals surface area contributed by atoms with E-state index in [9.17, 15) is 0 Å². The molecule has 1 aromatic carbocycles. The molecule has 0 saturated carbocycles. The van der Waals surface area contributed by atoms with E-state index >= 15 is 0 Å². The number of halogens is 1. The number of nitrogens with one attached hydrogen (secondary N) is 1. The molecule has 0 aliphatic carbocycles. The van der Waals surface area contributed by atoms with Crippen LogP contribution in [0.1, 0.15) is 10.6 Å². The third kappa shape index (κ3) is 3.30. The molecule has 2 rings (SSSR count). The number of aromatic nitrogens is 1. The number of hydrogen-bond donors (Lipinski definition) is 1. The fourth-order valence-corrected chi connectivity index (χ4v) is 2.61. The molecule has 0 spiro atoms. The average molecular weight is 299 g/mol. The second kappa shape index (κ2) is 6.12. The van der Waals surface area contributed by atoms with Crippen LogP contribution in [0.15, 0.2) is 18.3 Å². The topological polar surface area (TPSA) is 43.4 Å². The summed E-state index contributed by atoms with van der Waals surface area (Å²) in [5.41, 5.74) is 2.07. The summed E-state index contributed by atoms with van der Waals surface area (Å²) in [5, 5.41) is 4.27. The molecular weight excluding hydrogens is 284 g/mol. The SMILES string of the molecule is COc1cc(C)c(NCc2ncc(Cl)s2)cc1OC. The number of aryl methyl sites for hydroxylation is 1. The molecular formula is C13H15ClN2O2S. The Balaban J connectivity index is 2.15. The van der Waals surface area contributed by atoms with E-state index in [-0.39, 0.29) is 0 Å². The van der Waals surface area contributed by atoms with Gasteiger partial charge in [-0.15, -0.1) is 11.3 Å². The van der Waals surface area contributed by atoms with Crippen LogP contribution in [0, 0.1) is 6.92 Å². The largest absolute Gasteiger partial charge is 0.493 e. The highest BCUT2D eigenvalue weighted by Crippen LogP contribution is 2.33. The number of ether oxygens (including phenoxy) is 2. The lowest BCUT2D eigenvalue weighted by molar-refractivity contribution is 0.355. The van der Waals surface area contributed by atoms with E-state index in [0.717, 1.165) is 22.0 Å². The quantitative estimate of drug-likeness (QED) is 0.913. The second-order valence-electron chi connectivity index (χ2n) is 3.93. The second-order valence-corrected chi connectivity index (χ2v) is 5.68. The number of benzene rings is 1. The maximum absolute atomic E-state index is 5.85. The Morgan fingerprint density at radius 3 is 2.53 bits per heavy atom. The molecule has 0 saturated heterocycles. The molecule has 2 aromatic rings. The first-order valence-corrected chi connectivity index (χ1v) is 6.90. The molecule has 6 heteroatoms. The minimum Gasteiger partial charge on any atom is -0.493 e. The Morgan fingerprint density at radius 2 is 1.95 bits per heavy atom. The van der Waals surface area contributed by atoms with E-state index in [4.69, 9.17) is 21.1 Å². The summed E-state index contributed by atoms with van der Waals surface area (Å²) < 4.78 is 11.2. The van der Waals surface area contributed by atoms with Gasteiger partial charge in [-0.05, 0) is 18.6 Å². The van der Waals surface area contributed by atoms with Crippen molar-refractivity contribution in [2.24, 2.45) is 0 Å². The highest BCUT2D eigenvalue weighted by atomic mass is 35.5. The minimum absolute atomic E-state index is 0.633. The third-order valence-electron chi connectivity index (χ3n) is 2.69. The molecule has 0 fully saturated rings. The molecule has 4 nitrogen and oxygen atoms in total. The van der Waals surface area contributed by atoms with Crippen molar-refractivity contribution in [3.63, 3.8) is 0 Å². The fourth-order valence-electron chi connectivity index (χ4n) is 1.71. The van der Waals surface area contributed by atoms with Crippen molar-refractivity contribution >= 4 is 28.6 Å². The number of rotatable bonds is 5. The number of hydrogen-bond acceptors (Lipinski definition) is 5. The van der Waals surface area contributed by atoms with Crippen LogP contribution in [0.5, 0.6) is 11.5 Å². The normalized spacial score (nSPS) is 10.3. The van der Waals surface area contributed by atoms with Crippen LogP contribution < -0.4 is 14.8 Å². The summed E-state index contributed by atoms with van der Waals surface area (Å²) in [7, 11) is 3.25. The number of nitrogens with zero attached hydrogens (tertiary/aromatic N) is 1. The van der Waals surface area contributed by atoms with E-state index in [2.05, 4.69) is 10.3 Å². The molecule has 0 unspecified atom stereocenters. The molecule has 0 radical (unpaired) electrons. The Hall–Kier alpha value is -1.46. The van der Waals surface area contributed by atoms with Gasteiger partial charge in [0.15, 0.2) is 11.5 Å². The predicted molar refractivity (Wildman–Crippen MR) is 78.7 cm³/mol. The molecule has 0 bridgehead atoms. The smallest absolute Gasteiger partial charge is 0.162 e. The molecule has 1 heterocycles. The first-order valence-electron chi connectivity index (χ1n) is 5.70. The zero-order valence-corrected chi connectivity index (χ0v) is 12.6. The van der Waals surface area contributed by atoms with Gasteiger partial charge in [-0.1, -0.05) is 11.6 Å². The maximum atomic E-state index is 5.85. The van der Waals surface area contributed by atoms with Crippen molar-refractivity contribution in [2.75, 3.05) is 19.5 Å². The number of methoxy groups -OCH3 is 2. The van der Waals surface area contributed by atoms with Crippen LogP contribution in [0.2, 0.25) is 4.34 Å². The average Bonchev–Trinajstić information content (AvgIpc) is 2.82. The van der Waals surface area contributed by atoms with Crippen molar-refractivity contribution in [1.29, 1.82) is 0 Å². The summed E-state index contributed by atoms with van der Waals surface area (Å²) in [6.07, 6.45) is 1.66. The summed E-state index contributed by atoms with van der Waals surface area (Å²) >= 11 is 7.32. The van der Waals surface area contributed by atoms with Gasteiger partial charge in [0.05, 0.1) is 27.0 Å². The van der Waals surface area contributed by atoms with Gasteiger partial charge in [0.2, 0.25) is 0 Å². The third-order valence-corrected chi connectivity index (χ3v) is 3.80. The molecule has 1 N–H and O–H groups in total. The lowest BCUT2D eigenvalue weighted by Gasteiger charge is -2.13. The summed E-state index contributed by atoms with van der Waals surface area (Å²) in [4.78, 5) is 4.20. The summed E-state index contributed by atoms with van der Waals surface area (Å²) in [6, 6.07) is 3.86. The Morgan fingerprint density at radius 1 is 1.26 bits per heavy atom. The van der Waals surface area contributed by atoms with Gasteiger partial charge in [0.1, 0.15) is 9.34 Å². The minimum atomic E-state index is 0.633. The van der Waals surface area contributed by atoms with E-state index in [1.54, 1.807) is 20.4 Å². The van der Waals surface area contributed by atoms with Gasteiger partial charge in [-0.2, -0.15) is 0 Å². The molecule has 102 valence electrons. The van der Waals surface area contributed by atoms with Crippen LogP contribution in [0.25, 0.3) is 0 Å². The monoisotopic (exact) mass is 298 g/mol. The molecule has 0 amide bonds. The van der Waals surface area contributed by atoms with Crippen molar-refractivity contribution in [3.8, 4) is 11.5 Å². The van der Waals surface area contributed by atoms with Crippen LogP contribution in [0.3, 0.4) is 0 Å². The van der Waals surface area contributed by atoms with Crippen molar-refractivity contribution in [2.45, 2.75) is 13.5 Å². The van der Waals surface area contributed by atoms with Gasteiger partial charge in [-0.3, -0.25) is 0 Å². The first-order chi connectivity index (χ1) is 9.13. The van der Waals surface area contributed by atoms with E-state index in [0.29, 0.717) is 16.6 Å². The number of thiazole rings is 1. The van der Waals surface area contributed by atoms with Crippen LogP contribution in [-0.2, 0) is 6.54 Å². The lowest BCUT2D eigenvalue weighted by atomic mass is 10.1. The summed E-state index contributed by atoms with van der Waals surface area (Å²) in [5.74, 6) is 1.43. The van der Waals surface area contributed by atoms with Crippen LogP contribution in [-0.4, -0.2) is 19.2 Å². The van der Waals surface area contributed by atoms with Gasteiger partial charge in [-0.25, -0.2) is 4.98 Å². The van der Waals surface area contributed by atoms with E-state index in [1.165, 1.54) is 11.3 Å². The number of anilines is 1. The predicted octanol–water partition coefficient (Wildman–Crippen LogP) is 3.73. The first kappa shape index (κ1) is 14.0. The highest BCUT2D eigenvalue weighted by molar-refractivity contribution is 7.15. The zero-order chi connectivity index (χ0) is 13.8. The molecule has 0 atom stereocenters. The van der Waals surface area contributed by atoms with Gasteiger partial charge < -0.3 is 14.8 Å². The van der Waals surface area contributed by atoms with Gasteiger partial charge in [0, 0.05) is 11.8 Å².